The van der Waals surface area contributed by atoms with Crippen molar-refractivity contribution in [1.82, 2.24) is 5.32 Å². The molecule has 2 rings (SSSR count). The van der Waals surface area contributed by atoms with E-state index in [9.17, 15) is 0 Å². The molecule has 1 aromatic rings. The van der Waals surface area contributed by atoms with Crippen LogP contribution in [0, 0.1) is 0 Å². The van der Waals surface area contributed by atoms with Crippen molar-refractivity contribution in [3.63, 3.8) is 0 Å². The molecule has 1 aliphatic heterocycles. The normalized spacial score (nSPS) is 23.1. The van der Waals surface area contributed by atoms with Gasteiger partial charge in [0.15, 0.2) is 0 Å². The minimum Gasteiger partial charge on any atom is -0.488 e. The molecule has 0 aromatic heterocycles. The summed E-state index contributed by atoms with van der Waals surface area (Å²) in [5.74, 6) is 1.45. The van der Waals surface area contributed by atoms with Gasteiger partial charge in [-0.1, -0.05) is 19.6 Å². The molecule has 0 saturated carbocycles. The van der Waals surface area contributed by atoms with Gasteiger partial charge in [0.2, 0.25) is 0 Å². The Morgan fingerprint density at radius 1 is 1.50 bits per heavy atom. The SMILES string of the molecule is C=CCOc1cc2c(cc1Br)C(C)CNC(C)C2. The van der Waals surface area contributed by atoms with Crippen LogP contribution in [-0.4, -0.2) is 19.2 Å². The zero-order chi connectivity index (χ0) is 13.1. The Bertz CT molecular complexity index is 444. The zero-order valence-corrected chi connectivity index (χ0v) is 12.6. The highest BCUT2D eigenvalue weighted by molar-refractivity contribution is 9.10. The first kappa shape index (κ1) is 13.6. The van der Waals surface area contributed by atoms with E-state index in [1.807, 2.05) is 0 Å². The van der Waals surface area contributed by atoms with Crippen LogP contribution in [0.5, 0.6) is 5.75 Å². The van der Waals surface area contributed by atoms with E-state index < -0.39 is 0 Å². The molecule has 98 valence electrons. The highest BCUT2D eigenvalue weighted by Gasteiger charge is 2.20. The first-order valence-electron chi connectivity index (χ1n) is 6.41. The van der Waals surface area contributed by atoms with Gasteiger partial charge in [0.25, 0.3) is 0 Å². The Labute approximate surface area is 118 Å². The Balaban J connectivity index is 2.36. The summed E-state index contributed by atoms with van der Waals surface area (Å²) < 4.78 is 6.71. The molecular formula is C15H20BrNO. The van der Waals surface area contributed by atoms with Crippen molar-refractivity contribution in [2.75, 3.05) is 13.2 Å². The maximum Gasteiger partial charge on any atom is 0.134 e. The smallest absolute Gasteiger partial charge is 0.134 e. The van der Waals surface area contributed by atoms with Gasteiger partial charge >= 0.3 is 0 Å². The predicted molar refractivity (Wildman–Crippen MR) is 79.4 cm³/mol. The molecule has 1 aromatic carbocycles. The third kappa shape index (κ3) is 2.96. The van der Waals surface area contributed by atoms with Gasteiger partial charge in [-0.25, -0.2) is 0 Å². The number of rotatable bonds is 3. The fraction of sp³-hybridized carbons (Fsp3) is 0.467. The van der Waals surface area contributed by atoms with Crippen molar-refractivity contribution in [2.45, 2.75) is 32.2 Å². The van der Waals surface area contributed by atoms with Gasteiger partial charge in [-0.05, 0) is 58.5 Å². The summed E-state index contributed by atoms with van der Waals surface area (Å²) in [6.07, 6.45) is 2.82. The summed E-state index contributed by atoms with van der Waals surface area (Å²) >= 11 is 3.59. The number of benzene rings is 1. The molecule has 0 spiro atoms. The molecule has 0 fully saturated rings. The van der Waals surface area contributed by atoms with Crippen LogP contribution in [0.1, 0.15) is 30.9 Å². The standard InChI is InChI=1S/C15H20BrNO/c1-4-5-18-15-7-12-6-11(3)17-9-10(2)13(12)8-14(15)16/h4,7-8,10-11,17H,1,5-6,9H2,2-3H3. The molecule has 0 saturated heterocycles. The molecule has 1 aliphatic rings. The van der Waals surface area contributed by atoms with Crippen LogP contribution in [0.15, 0.2) is 29.3 Å². The van der Waals surface area contributed by atoms with Gasteiger partial charge in [-0.3, -0.25) is 0 Å². The number of hydrogen-bond acceptors (Lipinski definition) is 2. The topological polar surface area (TPSA) is 21.3 Å². The van der Waals surface area contributed by atoms with Gasteiger partial charge in [0.1, 0.15) is 12.4 Å². The van der Waals surface area contributed by atoms with E-state index in [0.29, 0.717) is 18.6 Å². The second kappa shape index (κ2) is 5.89. The Morgan fingerprint density at radius 3 is 3.00 bits per heavy atom. The van der Waals surface area contributed by atoms with E-state index >= 15 is 0 Å². The van der Waals surface area contributed by atoms with Gasteiger partial charge in [0.05, 0.1) is 4.47 Å². The van der Waals surface area contributed by atoms with Crippen molar-refractivity contribution in [2.24, 2.45) is 0 Å². The van der Waals surface area contributed by atoms with E-state index in [1.165, 1.54) is 11.1 Å². The lowest BCUT2D eigenvalue weighted by atomic mass is 9.94. The molecule has 1 heterocycles. The molecule has 18 heavy (non-hydrogen) atoms. The Morgan fingerprint density at radius 2 is 2.28 bits per heavy atom. The van der Waals surface area contributed by atoms with E-state index in [1.54, 1.807) is 6.08 Å². The summed E-state index contributed by atoms with van der Waals surface area (Å²) in [5, 5.41) is 3.55. The number of fused-ring (bicyclic) bond motifs is 1. The van der Waals surface area contributed by atoms with Crippen LogP contribution >= 0.6 is 15.9 Å². The maximum absolute atomic E-state index is 5.68. The summed E-state index contributed by atoms with van der Waals surface area (Å²) in [6, 6.07) is 4.89. The third-order valence-corrected chi connectivity index (χ3v) is 4.00. The van der Waals surface area contributed by atoms with Crippen molar-refractivity contribution in [1.29, 1.82) is 0 Å². The van der Waals surface area contributed by atoms with E-state index in [4.69, 9.17) is 4.74 Å². The molecule has 2 unspecified atom stereocenters. The highest BCUT2D eigenvalue weighted by Crippen LogP contribution is 2.34. The predicted octanol–water partition coefficient (Wildman–Crippen LogP) is 3.65. The summed E-state index contributed by atoms with van der Waals surface area (Å²) in [4.78, 5) is 0. The fourth-order valence-electron chi connectivity index (χ4n) is 2.40. The number of ether oxygens (including phenoxy) is 1. The highest BCUT2D eigenvalue weighted by atomic mass is 79.9. The largest absolute Gasteiger partial charge is 0.488 e. The second-order valence-electron chi connectivity index (χ2n) is 5.00. The van der Waals surface area contributed by atoms with E-state index in [-0.39, 0.29) is 0 Å². The average Bonchev–Trinajstić information content (AvgIpc) is 2.48. The van der Waals surface area contributed by atoms with Crippen LogP contribution in [0.4, 0.5) is 0 Å². The molecule has 0 bridgehead atoms. The lowest BCUT2D eigenvalue weighted by molar-refractivity contribution is 0.360. The van der Waals surface area contributed by atoms with Gasteiger partial charge in [0, 0.05) is 12.6 Å². The summed E-state index contributed by atoms with van der Waals surface area (Å²) in [6.45, 7) is 9.75. The molecule has 2 atom stereocenters. The van der Waals surface area contributed by atoms with Crippen molar-refractivity contribution in [3.05, 3.63) is 40.4 Å². The van der Waals surface area contributed by atoms with Gasteiger partial charge < -0.3 is 10.1 Å². The third-order valence-electron chi connectivity index (χ3n) is 3.38. The number of halogens is 1. The lowest BCUT2D eigenvalue weighted by Crippen LogP contribution is -2.28. The molecule has 0 radical (unpaired) electrons. The molecule has 1 N–H and O–H groups in total. The molecule has 0 aliphatic carbocycles. The van der Waals surface area contributed by atoms with Crippen LogP contribution in [0.2, 0.25) is 0 Å². The first-order valence-corrected chi connectivity index (χ1v) is 7.20. The van der Waals surface area contributed by atoms with Crippen molar-refractivity contribution in [3.8, 4) is 5.75 Å². The average molecular weight is 310 g/mol. The van der Waals surface area contributed by atoms with Gasteiger partial charge in [-0.2, -0.15) is 0 Å². The van der Waals surface area contributed by atoms with Crippen LogP contribution < -0.4 is 10.1 Å². The Kier molecular flexibility index (Phi) is 4.46. The molecule has 2 nitrogen and oxygen atoms in total. The summed E-state index contributed by atoms with van der Waals surface area (Å²) in [5.41, 5.74) is 2.81. The number of hydrogen-bond donors (Lipinski definition) is 1. The second-order valence-corrected chi connectivity index (χ2v) is 5.85. The quantitative estimate of drug-likeness (QED) is 0.861. The molecular weight excluding hydrogens is 290 g/mol. The van der Waals surface area contributed by atoms with Crippen molar-refractivity contribution >= 4 is 15.9 Å². The van der Waals surface area contributed by atoms with Crippen LogP contribution in [0.3, 0.4) is 0 Å². The molecule has 0 amide bonds. The van der Waals surface area contributed by atoms with Crippen molar-refractivity contribution < 1.29 is 4.74 Å². The Hall–Kier alpha value is -0.800. The maximum atomic E-state index is 5.68. The first-order chi connectivity index (χ1) is 8.61. The minimum atomic E-state index is 0.516. The van der Waals surface area contributed by atoms with Crippen LogP contribution in [-0.2, 0) is 6.42 Å². The lowest BCUT2D eigenvalue weighted by Gasteiger charge is -2.15. The fourth-order valence-corrected chi connectivity index (χ4v) is 2.87. The van der Waals surface area contributed by atoms with E-state index in [2.05, 4.69) is 53.8 Å². The monoisotopic (exact) mass is 309 g/mol. The minimum absolute atomic E-state index is 0.516. The van der Waals surface area contributed by atoms with Crippen LogP contribution in [0.25, 0.3) is 0 Å². The van der Waals surface area contributed by atoms with Gasteiger partial charge in [-0.15, -0.1) is 0 Å². The molecule has 3 heteroatoms. The number of nitrogens with one attached hydrogen (secondary N) is 1. The zero-order valence-electron chi connectivity index (χ0n) is 11.0. The van der Waals surface area contributed by atoms with E-state index in [0.717, 1.165) is 23.2 Å². The summed E-state index contributed by atoms with van der Waals surface area (Å²) in [7, 11) is 0.